The second-order valence-electron chi connectivity index (χ2n) is 14.0. The molecule has 280 valence electrons. The van der Waals surface area contributed by atoms with Gasteiger partial charge in [0, 0.05) is 12.8 Å². The number of hydrogen-bond acceptors (Lipinski definition) is 4. The van der Waals surface area contributed by atoms with Gasteiger partial charge >= 0.3 is 5.97 Å². The number of rotatable bonds is 36. The van der Waals surface area contributed by atoms with Gasteiger partial charge in [-0.3, -0.25) is 14.5 Å². The molecule has 0 fully saturated rings. The number of nitrogens with two attached hydrogens (primary N) is 1. The Morgan fingerprint density at radius 1 is 0.500 bits per heavy atom. The molecular weight excluding hydrogens is 596 g/mol. The normalized spacial score (nSPS) is 12.3. The van der Waals surface area contributed by atoms with Crippen molar-refractivity contribution in [2.24, 2.45) is 5.73 Å². The molecule has 1 atom stereocenters. The van der Waals surface area contributed by atoms with Gasteiger partial charge in [-0.05, 0) is 90.0 Å². The number of carboxylic acids is 1. The molecular formula is C42H78N2O4. The minimum absolute atomic E-state index is 0.233. The minimum atomic E-state index is -1.09. The number of carbonyl (C=O) groups excluding carboxylic acids is 2. The van der Waals surface area contributed by atoms with Crippen LogP contribution in [0.5, 0.6) is 0 Å². The molecule has 0 saturated heterocycles. The molecule has 3 N–H and O–H groups in total. The number of aliphatic carboxylic acids is 1. The fourth-order valence-corrected chi connectivity index (χ4v) is 6.27. The summed E-state index contributed by atoms with van der Waals surface area (Å²) in [6, 6.07) is -1.09. The Morgan fingerprint density at radius 3 is 1.17 bits per heavy atom. The Morgan fingerprint density at radius 2 is 0.833 bits per heavy atom. The average Bonchev–Trinajstić information content (AvgIpc) is 3.07. The number of nitrogens with zero attached hydrogens (tertiary/aromatic N) is 1. The fraction of sp³-hybridized carbons (Fsp3) is 0.833. The van der Waals surface area contributed by atoms with E-state index in [1.165, 1.54) is 89.9 Å². The molecule has 6 heteroatoms. The quantitative estimate of drug-likeness (QED) is 0.0509. The summed E-state index contributed by atoms with van der Waals surface area (Å²) in [5.74, 6) is -1.75. The molecule has 0 aliphatic rings. The zero-order valence-corrected chi connectivity index (χ0v) is 31.7. The number of imide groups is 1. The van der Waals surface area contributed by atoms with Crippen LogP contribution >= 0.6 is 0 Å². The van der Waals surface area contributed by atoms with Crippen LogP contribution < -0.4 is 5.73 Å². The maximum Gasteiger partial charge on any atom is 0.326 e. The molecule has 2 amide bonds. The summed E-state index contributed by atoms with van der Waals surface area (Å²) in [5.41, 5.74) is 5.62. The summed E-state index contributed by atoms with van der Waals surface area (Å²) in [6.07, 6.45) is 41.8. The first kappa shape index (κ1) is 46.0. The molecule has 0 unspecified atom stereocenters. The number of carbonyl (C=O) groups is 3. The number of amides is 2. The molecule has 0 aliphatic heterocycles. The maximum absolute atomic E-state index is 13.3. The van der Waals surface area contributed by atoms with E-state index in [-0.39, 0.29) is 31.1 Å². The van der Waals surface area contributed by atoms with Gasteiger partial charge in [-0.2, -0.15) is 0 Å². The van der Waals surface area contributed by atoms with Crippen LogP contribution in [0.15, 0.2) is 24.3 Å². The Balaban J connectivity index is 4.38. The van der Waals surface area contributed by atoms with E-state index in [1.807, 2.05) is 0 Å². The van der Waals surface area contributed by atoms with Gasteiger partial charge in [0.2, 0.25) is 11.8 Å². The van der Waals surface area contributed by atoms with Gasteiger partial charge in [0.05, 0.1) is 0 Å². The zero-order valence-electron chi connectivity index (χ0n) is 31.7. The van der Waals surface area contributed by atoms with Gasteiger partial charge in [-0.25, -0.2) is 4.79 Å². The van der Waals surface area contributed by atoms with Crippen molar-refractivity contribution in [3.8, 4) is 0 Å². The predicted octanol–water partition coefficient (Wildman–Crippen LogP) is 12.0. The summed E-state index contributed by atoms with van der Waals surface area (Å²) in [7, 11) is 0. The van der Waals surface area contributed by atoms with E-state index in [9.17, 15) is 19.5 Å². The van der Waals surface area contributed by atoms with Crippen LogP contribution in [0.2, 0.25) is 0 Å². The summed E-state index contributed by atoms with van der Waals surface area (Å²) in [6.45, 7) is 4.98. The van der Waals surface area contributed by atoms with Gasteiger partial charge in [-0.1, -0.05) is 141 Å². The Bertz CT molecular complexity index is 757. The Kier molecular flexibility index (Phi) is 34.9. The highest BCUT2D eigenvalue weighted by Gasteiger charge is 2.33. The van der Waals surface area contributed by atoms with Crippen molar-refractivity contribution in [3.63, 3.8) is 0 Å². The van der Waals surface area contributed by atoms with Crippen LogP contribution in [0.1, 0.15) is 213 Å². The zero-order chi connectivity index (χ0) is 35.3. The fourth-order valence-electron chi connectivity index (χ4n) is 6.27. The minimum Gasteiger partial charge on any atom is -0.480 e. The molecule has 0 spiro atoms. The summed E-state index contributed by atoms with van der Waals surface area (Å²) < 4.78 is 0. The lowest BCUT2D eigenvalue weighted by Crippen LogP contribution is -2.48. The van der Waals surface area contributed by atoms with E-state index in [4.69, 9.17) is 5.73 Å². The second kappa shape index (κ2) is 36.3. The summed E-state index contributed by atoms with van der Waals surface area (Å²) in [5, 5.41) is 9.96. The summed E-state index contributed by atoms with van der Waals surface area (Å²) in [4.78, 5) is 39.8. The van der Waals surface area contributed by atoms with E-state index in [0.29, 0.717) is 32.2 Å². The molecule has 0 heterocycles. The van der Waals surface area contributed by atoms with Gasteiger partial charge in [0.15, 0.2) is 0 Å². The van der Waals surface area contributed by atoms with Gasteiger partial charge < -0.3 is 10.8 Å². The average molecular weight is 675 g/mol. The van der Waals surface area contributed by atoms with Crippen molar-refractivity contribution in [2.75, 3.05) is 6.54 Å². The standard InChI is InChI=1S/C42H78N2O4/c1-3-5-7-9-11-13-15-17-19-21-23-25-27-29-31-36-40(45)44(39(42(47)48)35-33-34-38-43)41(46)37-32-30-28-26-24-22-20-18-16-14-12-10-8-6-4-2/h17-20,39H,3-16,21-38,43H2,1-2H3,(H,47,48)/b19-17-,20-18-/t39-/m0/s1. The molecule has 0 aromatic rings. The van der Waals surface area contributed by atoms with Gasteiger partial charge in [-0.15, -0.1) is 0 Å². The molecule has 0 rings (SSSR count). The van der Waals surface area contributed by atoms with Crippen molar-refractivity contribution in [2.45, 2.75) is 219 Å². The molecule has 48 heavy (non-hydrogen) atoms. The molecule has 0 saturated carbocycles. The van der Waals surface area contributed by atoms with Crippen molar-refractivity contribution in [3.05, 3.63) is 24.3 Å². The van der Waals surface area contributed by atoms with Crippen molar-refractivity contribution in [1.82, 2.24) is 4.90 Å². The number of carboxylic acid groups (broad SMARTS) is 1. The van der Waals surface area contributed by atoms with Crippen molar-refractivity contribution in [1.29, 1.82) is 0 Å². The van der Waals surface area contributed by atoms with Crippen LogP contribution in [-0.4, -0.2) is 40.4 Å². The van der Waals surface area contributed by atoms with Crippen LogP contribution in [0.25, 0.3) is 0 Å². The highest BCUT2D eigenvalue weighted by atomic mass is 16.4. The third-order valence-corrected chi connectivity index (χ3v) is 9.37. The first-order valence-corrected chi connectivity index (χ1v) is 20.6. The monoisotopic (exact) mass is 675 g/mol. The van der Waals surface area contributed by atoms with E-state index >= 15 is 0 Å². The van der Waals surface area contributed by atoms with E-state index in [0.717, 1.165) is 69.1 Å². The maximum atomic E-state index is 13.3. The van der Waals surface area contributed by atoms with Gasteiger partial charge in [0.1, 0.15) is 6.04 Å². The summed E-state index contributed by atoms with van der Waals surface area (Å²) >= 11 is 0. The van der Waals surface area contributed by atoms with Crippen molar-refractivity contribution < 1.29 is 19.5 Å². The number of unbranched alkanes of at least 4 members (excludes halogenated alkanes) is 23. The van der Waals surface area contributed by atoms with Crippen LogP contribution in [0.4, 0.5) is 0 Å². The van der Waals surface area contributed by atoms with E-state index in [2.05, 4.69) is 38.2 Å². The second-order valence-corrected chi connectivity index (χ2v) is 14.0. The highest BCUT2D eigenvalue weighted by Crippen LogP contribution is 2.18. The first-order chi connectivity index (χ1) is 23.5. The first-order valence-electron chi connectivity index (χ1n) is 20.6. The van der Waals surface area contributed by atoms with Gasteiger partial charge in [0.25, 0.3) is 0 Å². The molecule has 0 aromatic heterocycles. The highest BCUT2D eigenvalue weighted by molar-refractivity contribution is 5.99. The molecule has 6 nitrogen and oxygen atoms in total. The Hall–Kier alpha value is -1.95. The lowest BCUT2D eigenvalue weighted by atomic mass is 10.0. The SMILES string of the molecule is CCCCCCCC/C=C\CCCCCCCC(=O)N(C(=O)CCCCCCC/C=C\CCCCCCCC)[C@@H](CCCCN)C(=O)O. The Labute approximate surface area is 297 Å². The third kappa shape index (κ3) is 29.0. The lowest BCUT2D eigenvalue weighted by Gasteiger charge is -2.27. The van der Waals surface area contributed by atoms with Crippen LogP contribution in [-0.2, 0) is 14.4 Å². The van der Waals surface area contributed by atoms with Crippen LogP contribution in [0, 0.1) is 0 Å². The third-order valence-electron chi connectivity index (χ3n) is 9.37. The molecule has 0 bridgehead atoms. The van der Waals surface area contributed by atoms with E-state index in [1.54, 1.807) is 0 Å². The predicted molar refractivity (Wildman–Crippen MR) is 205 cm³/mol. The van der Waals surface area contributed by atoms with E-state index < -0.39 is 12.0 Å². The number of allylic oxidation sites excluding steroid dienone is 4. The van der Waals surface area contributed by atoms with Crippen molar-refractivity contribution >= 4 is 17.8 Å². The lowest BCUT2D eigenvalue weighted by molar-refractivity contribution is -0.158. The topological polar surface area (TPSA) is 101 Å². The molecule has 0 aromatic carbocycles. The molecule has 0 aliphatic carbocycles. The smallest absolute Gasteiger partial charge is 0.326 e. The van der Waals surface area contributed by atoms with Crippen LogP contribution in [0.3, 0.4) is 0 Å². The number of hydrogen-bond donors (Lipinski definition) is 2. The largest absolute Gasteiger partial charge is 0.480 e. The molecule has 0 radical (unpaired) electrons.